The molecule has 0 aliphatic carbocycles. The number of nitrogens with one attached hydrogen (secondary N) is 1. The van der Waals surface area contributed by atoms with Gasteiger partial charge in [0.2, 0.25) is 10.0 Å². The van der Waals surface area contributed by atoms with Crippen molar-refractivity contribution < 1.29 is 13.2 Å². The van der Waals surface area contributed by atoms with E-state index in [2.05, 4.69) is 15.4 Å². The molecule has 0 spiro atoms. The average Bonchev–Trinajstić information content (AvgIpc) is 3.22. The number of aryl methyl sites for hydroxylation is 1. The molecule has 3 aromatic carbocycles. The molecule has 2 aromatic heterocycles. The maximum Gasteiger partial charge on any atom is 0.256 e. The van der Waals surface area contributed by atoms with E-state index in [-0.39, 0.29) is 10.8 Å². The lowest BCUT2D eigenvalue weighted by Crippen LogP contribution is -2.15. The summed E-state index contributed by atoms with van der Waals surface area (Å²) in [6.07, 6.45) is 3.50. The molecule has 5 aromatic rings. The van der Waals surface area contributed by atoms with Crippen LogP contribution in [0.1, 0.15) is 16.1 Å². The molecule has 1 amide bonds. The number of primary sulfonamides is 1. The van der Waals surface area contributed by atoms with Gasteiger partial charge in [0, 0.05) is 35.0 Å². The highest BCUT2D eigenvalue weighted by Gasteiger charge is 2.17. The van der Waals surface area contributed by atoms with E-state index >= 15 is 0 Å². The minimum Gasteiger partial charge on any atom is -0.306 e. The highest BCUT2D eigenvalue weighted by atomic mass is 32.2. The summed E-state index contributed by atoms with van der Waals surface area (Å²) in [4.78, 5) is 17.3. The summed E-state index contributed by atoms with van der Waals surface area (Å²) >= 11 is 0. The maximum atomic E-state index is 13.1. The largest absolute Gasteiger partial charge is 0.306 e. The van der Waals surface area contributed by atoms with Crippen molar-refractivity contribution in [2.75, 3.05) is 5.32 Å². The van der Waals surface area contributed by atoms with Crippen LogP contribution >= 0.6 is 0 Å². The van der Waals surface area contributed by atoms with Gasteiger partial charge < -0.3 is 5.32 Å². The van der Waals surface area contributed by atoms with E-state index in [4.69, 9.17) is 5.14 Å². The van der Waals surface area contributed by atoms with Gasteiger partial charge in [0.25, 0.3) is 5.91 Å². The van der Waals surface area contributed by atoms with Crippen molar-refractivity contribution in [3.8, 4) is 16.8 Å². The second-order valence-electron chi connectivity index (χ2n) is 8.03. The predicted molar refractivity (Wildman–Crippen MR) is 135 cm³/mol. The molecule has 5 rings (SSSR count). The quantitative estimate of drug-likeness (QED) is 0.386. The number of anilines is 1. The van der Waals surface area contributed by atoms with Crippen molar-refractivity contribution >= 4 is 32.5 Å². The molecule has 2 heterocycles. The molecule has 0 aliphatic rings. The Morgan fingerprint density at radius 3 is 2.51 bits per heavy atom. The molecule has 0 fully saturated rings. The van der Waals surface area contributed by atoms with Gasteiger partial charge in [-0.3, -0.25) is 9.78 Å². The number of hydrogen-bond acceptors (Lipinski definition) is 5. The number of sulfonamides is 1. The van der Waals surface area contributed by atoms with Crippen LogP contribution in [0, 0.1) is 6.92 Å². The van der Waals surface area contributed by atoms with E-state index in [1.165, 1.54) is 6.07 Å². The summed E-state index contributed by atoms with van der Waals surface area (Å²) in [6, 6.07) is 22.7. The van der Waals surface area contributed by atoms with Crippen molar-refractivity contribution in [3.05, 3.63) is 103 Å². The first-order chi connectivity index (χ1) is 16.8. The monoisotopic (exact) mass is 483 g/mol. The normalized spacial score (nSPS) is 11.5. The van der Waals surface area contributed by atoms with E-state index < -0.39 is 10.0 Å². The van der Waals surface area contributed by atoms with Crippen molar-refractivity contribution in [3.63, 3.8) is 0 Å². The van der Waals surface area contributed by atoms with Crippen LogP contribution in [0.15, 0.2) is 96.2 Å². The summed E-state index contributed by atoms with van der Waals surface area (Å²) in [6.45, 7) is 1.85. The lowest BCUT2D eigenvalue weighted by molar-refractivity contribution is 0.102. The Morgan fingerprint density at radius 2 is 1.74 bits per heavy atom. The standard InChI is InChI=1S/C26H21N5O3S/c1-17-15-25(31(30-17)23-7-4-5-18-13-14-28-16-22(18)23)29-26(32)20-11-9-19(10-12-20)21-6-2-3-8-24(21)35(27,33)34/h2-16H,1H3,(H,29,32)(H2,27,33,34). The number of nitrogens with two attached hydrogens (primary N) is 1. The molecule has 174 valence electrons. The summed E-state index contributed by atoms with van der Waals surface area (Å²) in [7, 11) is -3.89. The van der Waals surface area contributed by atoms with E-state index in [0.29, 0.717) is 22.5 Å². The van der Waals surface area contributed by atoms with Gasteiger partial charge in [0.1, 0.15) is 5.82 Å². The Labute approximate surface area is 202 Å². The van der Waals surface area contributed by atoms with Gasteiger partial charge in [-0.15, -0.1) is 0 Å². The molecule has 0 unspecified atom stereocenters. The van der Waals surface area contributed by atoms with Crippen LogP contribution in [0.25, 0.3) is 27.6 Å². The van der Waals surface area contributed by atoms with Crippen LogP contribution in [0.5, 0.6) is 0 Å². The molecule has 35 heavy (non-hydrogen) atoms. The third kappa shape index (κ3) is 4.42. The minimum absolute atomic E-state index is 0.0288. The molecule has 0 aliphatic heterocycles. The fourth-order valence-electron chi connectivity index (χ4n) is 4.00. The lowest BCUT2D eigenvalue weighted by Gasteiger charge is -2.12. The van der Waals surface area contributed by atoms with Crippen molar-refractivity contribution in [1.29, 1.82) is 0 Å². The molecule has 3 N–H and O–H groups in total. The summed E-state index contributed by atoms with van der Waals surface area (Å²) in [5.74, 6) is 0.197. The van der Waals surface area contributed by atoms with Crippen molar-refractivity contribution in [2.45, 2.75) is 11.8 Å². The fraction of sp³-hybridized carbons (Fsp3) is 0.0385. The number of hydrogen-bond donors (Lipinski definition) is 2. The number of fused-ring (bicyclic) bond motifs is 1. The second-order valence-corrected chi connectivity index (χ2v) is 9.56. The second kappa shape index (κ2) is 8.79. The van der Waals surface area contributed by atoms with Gasteiger partial charge in [0.05, 0.1) is 16.3 Å². The van der Waals surface area contributed by atoms with Gasteiger partial charge in [-0.2, -0.15) is 5.10 Å². The van der Waals surface area contributed by atoms with Crippen LogP contribution in [-0.2, 0) is 10.0 Å². The number of amides is 1. The first kappa shape index (κ1) is 22.5. The van der Waals surface area contributed by atoms with Crippen LogP contribution in [0.4, 0.5) is 5.82 Å². The number of carbonyl (C=O) groups excluding carboxylic acids is 1. The topological polar surface area (TPSA) is 120 Å². The molecular weight excluding hydrogens is 462 g/mol. The van der Waals surface area contributed by atoms with E-state index in [1.807, 2.05) is 31.2 Å². The Balaban J connectivity index is 1.45. The number of carbonyl (C=O) groups is 1. The number of rotatable bonds is 5. The van der Waals surface area contributed by atoms with Gasteiger partial charge in [-0.1, -0.05) is 42.5 Å². The van der Waals surface area contributed by atoms with Crippen molar-refractivity contribution in [1.82, 2.24) is 14.8 Å². The highest BCUT2D eigenvalue weighted by molar-refractivity contribution is 7.89. The third-order valence-corrected chi connectivity index (χ3v) is 6.58. The number of pyridine rings is 1. The Kier molecular flexibility index (Phi) is 5.64. The third-order valence-electron chi connectivity index (χ3n) is 5.61. The zero-order valence-electron chi connectivity index (χ0n) is 18.7. The van der Waals surface area contributed by atoms with E-state index in [1.54, 1.807) is 65.6 Å². The summed E-state index contributed by atoms with van der Waals surface area (Å²) < 4.78 is 25.6. The SMILES string of the molecule is Cc1cc(NC(=O)c2ccc(-c3ccccc3S(N)(=O)=O)cc2)n(-c2cccc3ccncc23)n1. The Bertz CT molecular complexity index is 1670. The minimum atomic E-state index is -3.89. The molecular formula is C26H21N5O3S. The van der Waals surface area contributed by atoms with Crippen LogP contribution in [-0.4, -0.2) is 29.1 Å². The molecule has 0 saturated heterocycles. The van der Waals surface area contributed by atoms with Gasteiger partial charge >= 0.3 is 0 Å². The smallest absolute Gasteiger partial charge is 0.256 e. The molecule has 0 radical (unpaired) electrons. The maximum absolute atomic E-state index is 13.1. The number of aromatic nitrogens is 3. The highest BCUT2D eigenvalue weighted by Crippen LogP contribution is 2.28. The molecule has 9 heteroatoms. The van der Waals surface area contributed by atoms with Crippen molar-refractivity contribution in [2.24, 2.45) is 5.14 Å². The summed E-state index contributed by atoms with van der Waals surface area (Å²) in [5, 5.41) is 14.8. The molecule has 0 saturated carbocycles. The van der Waals surface area contributed by atoms with Crippen LogP contribution < -0.4 is 10.5 Å². The van der Waals surface area contributed by atoms with E-state index in [0.717, 1.165) is 22.2 Å². The summed E-state index contributed by atoms with van der Waals surface area (Å²) in [5.41, 5.74) is 3.06. The Hall–Kier alpha value is -4.34. The number of nitrogens with zero attached hydrogens (tertiary/aromatic N) is 3. The Morgan fingerprint density at radius 1 is 0.971 bits per heavy atom. The molecule has 8 nitrogen and oxygen atoms in total. The van der Waals surface area contributed by atoms with E-state index in [9.17, 15) is 13.2 Å². The zero-order chi connectivity index (χ0) is 24.6. The lowest BCUT2D eigenvalue weighted by atomic mass is 10.0. The molecule has 0 atom stereocenters. The van der Waals surface area contributed by atoms with Gasteiger partial charge in [0.15, 0.2) is 0 Å². The van der Waals surface area contributed by atoms with Gasteiger partial charge in [-0.25, -0.2) is 18.2 Å². The first-order valence-electron chi connectivity index (χ1n) is 10.7. The zero-order valence-corrected chi connectivity index (χ0v) is 19.5. The molecule has 0 bridgehead atoms. The van der Waals surface area contributed by atoms with Gasteiger partial charge in [-0.05, 0) is 48.2 Å². The predicted octanol–water partition coefficient (Wildman–Crippen LogP) is 4.30. The number of benzene rings is 3. The van der Waals surface area contributed by atoms with Crippen LogP contribution in [0.2, 0.25) is 0 Å². The van der Waals surface area contributed by atoms with Crippen LogP contribution in [0.3, 0.4) is 0 Å². The first-order valence-corrected chi connectivity index (χ1v) is 12.3. The average molecular weight is 484 g/mol. The fourth-order valence-corrected chi connectivity index (χ4v) is 4.76.